The van der Waals surface area contributed by atoms with Gasteiger partial charge in [0, 0.05) is 42.0 Å². The molecule has 124 valence electrons. The smallest absolute Gasteiger partial charge is 0.222 e. The molecule has 1 N–H and O–H groups in total. The average molecular weight is 345 g/mol. The number of halogens is 1. The van der Waals surface area contributed by atoms with Gasteiger partial charge in [-0.25, -0.2) is 0 Å². The van der Waals surface area contributed by atoms with Gasteiger partial charge >= 0.3 is 0 Å². The summed E-state index contributed by atoms with van der Waals surface area (Å²) < 4.78 is 11.3. The van der Waals surface area contributed by atoms with Crippen molar-refractivity contribution in [1.82, 2.24) is 10.2 Å². The average Bonchev–Trinajstić information content (AvgIpc) is 2.98. The highest BCUT2D eigenvalue weighted by Gasteiger charge is 2.17. The van der Waals surface area contributed by atoms with Gasteiger partial charge in [0.2, 0.25) is 5.91 Å². The maximum Gasteiger partial charge on any atom is 0.222 e. The number of nitrogens with zero attached hydrogens (tertiary/aromatic N) is 1. The molecule has 1 aromatic rings. The van der Waals surface area contributed by atoms with Crippen molar-refractivity contribution in [3.8, 4) is 0 Å². The van der Waals surface area contributed by atoms with Crippen molar-refractivity contribution in [1.29, 1.82) is 0 Å². The molecule has 2 rings (SSSR count). The fourth-order valence-corrected chi connectivity index (χ4v) is 3.15. The summed E-state index contributed by atoms with van der Waals surface area (Å²) in [5.74, 6) is 0.853. The Hall–Kier alpha value is -0.910. The molecule has 1 fully saturated rings. The van der Waals surface area contributed by atoms with E-state index in [0.29, 0.717) is 18.9 Å². The molecule has 1 amide bonds. The zero-order valence-electron chi connectivity index (χ0n) is 13.2. The molecule has 0 saturated carbocycles. The van der Waals surface area contributed by atoms with Gasteiger partial charge in [0.25, 0.3) is 0 Å². The minimum Gasteiger partial charge on any atom is -0.341 e. The number of nitrogens with one attached hydrogen (secondary N) is 1. The lowest BCUT2D eigenvalue weighted by molar-refractivity contribution is -0.130. The predicted octanol–water partition coefficient (Wildman–Crippen LogP) is 2.19. The Kier molecular flexibility index (Phi) is 8.07. The first-order valence-corrected chi connectivity index (χ1v) is 8.99. The zero-order chi connectivity index (χ0) is 15.2. The van der Waals surface area contributed by atoms with E-state index >= 15 is 0 Å². The normalized spacial score (nSPS) is 18.5. The van der Waals surface area contributed by atoms with Gasteiger partial charge in [-0.15, -0.1) is 12.4 Å². The van der Waals surface area contributed by atoms with Crippen LogP contribution < -0.4 is 5.32 Å². The molecule has 0 spiro atoms. The molecule has 0 bridgehead atoms. The summed E-state index contributed by atoms with van der Waals surface area (Å²) in [6, 6.07) is 7.63. The molecule has 1 aliphatic heterocycles. The third-order valence-corrected chi connectivity index (χ3v) is 4.97. The van der Waals surface area contributed by atoms with E-state index in [1.54, 1.807) is 11.2 Å². The number of hydrogen-bond donors (Lipinski definition) is 1. The summed E-state index contributed by atoms with van der Waals surface area (Å²) in [7, 11) is 0.899. The van der Waals surface area contributed by atoms with Crippen LogP contribution >= 0.6 is 12.4 Å². The highest BCUT2D eigenvalue weighted by Crippen LogP contribution is 2.16. The molecule has 4 nitrogen and oxygen atoms in total. The third-order valence-electron chi connectivity index (χ3n) is 4.03. The summed E-state index contributed by atoms with van der Waals surface area (Å²) in [5.41, 5.74) is 1.07. The summed E-state index contributed by atoms with van der Waals surface area (Å²) in [6.45, 7) is 2.74. The molecule has 1 saturated heterocycles. The van der Waals surface area contributed by atoms with E-state index in [-0.39, 0.29) is 18.3 Å². The highest BCUT2D eigenvalue weighted by molar-refractivity contribution is 7.84. The third kappa shape index (κ3) is 5.71. The molecule has 2 unspecified atom stereocenters. The molecule has 2 atom stereocenters. The Morgan fingerprint density at radius 3 is 2.59 bits per heavy atom. The first-order chi connectivity index (χ1) is 10.1. The Bertz CT molecular complexity index is 501. The van der Waals surface area contributed by atoms with E-state index in [0.717, 1.165) is 30.0 Å². The molecule has 1 heterocycles. The van der Waals surface area contributed by atoms with Crippen LogP contribution in [0.2, 0.25) is 0 Å². The van der Waals surface area contributed by atoms with Crippen molar-refractivity contribution in [2.24, 2.45) is 5.92 Å². The number of rotatable bonds is 6. The van der Waals surface area contributed by atoms with E-state index in [1.807, 2.05) is 31.3 Å². The SMILES string of the molecule is CN(Cc1ccc(S(C)=O)cc1)C(=O)CCC1CCNC1.Cl. The lowest BCUT2D eigenvalue weighted by Crippen LogP contribution is -2.26. The molecule has 0 aliphatic carbocycles. The molecule has 0 radical (unpaired) electrons. The maximum atomic E-state index is 12.1. The van der Waals surface area contributed by atoms with Crippen molar-refractivity contribution < 1.29 is 9.00 Å². The van der Waals surface area contributed by atoms with Crippen molar-refractivity contribution in [2.75, 3.05) is 26.4 Å². The van der Waals surface area contributed by atoms with Gasteiger partial charge in [-0.2, -0.15) is 0 Å². The van der Waals surface area contributed by atoms with Crippen molar-refractivity contribution in [2.45, 2.75) is 30.7 Å². The number of amides is 1. The van der Waals surface area contributed by atoms with Gasteiger partial charge in [-0.3, -0.25) is 9.00 Å². The van der Waals surface area contributed by atoms with Crippen LogP contribution in [0.1, 0.15) is 24.8 Å². The fourth-order valence-electron chi connectivity index (χ4n) is 2.63. The number of carbonyl (C=O) groups excluding carboxylic acids is 1. The van der Waals surface area contributed by atoms with Gasteiger partial charge in [-0.1, -0.05) is 12.1 Å². The van der Waals surface area contributed by atoms with Crippen LogP contribution in [0.25, 0.3) is 0 Å². The van der Waals surface area contributed by atoms with Crippen molar-refractivity contribution in [3.63, 3.8) is 0 Å². The Morgan fingerprint density at radius 1 is 1.36 bits per heavy atom. The summed E-state index contributed by atoms with van der Waals surface area (Å²) in [4.78, 5) is 14.7. The second-order valence-corrected chi connectivity index (χ2v) is 7.13. The quantitative estimate of drug-likeness (QED) is 0.860. The standard InChI is InChI=1S/C16H24N2O2S.ClH/c1-18(16(19)8-5-13-9-10-17-11-13)12-14-3-6-15(7-4-14)21(2)20;/h3-4,6-7,13,17H,5,8-12H2,1-2H3;1H. The van der Waals surface area contributed by atoms with E-state index in [1.165, 1.54) is 6.42 Å². The van der Waals surface area contributed by atoms with Crippen LogP contribution in [0.3, 0.4) is 0 Å². The van der Waals surface area contributed by atoms with Gasteiger partial charge in [0.15, 0.2) is 0 Å². The fraction of sp³-hybridized carbons (Fsp3) is 0.562. The first kappa shape index (κ1) is 19.1. The van der Waals surface area contributed by atoms with Gasteiger partial charge < -0.3 is 10.2 Å². The second-order valence-electron chi connectivity index (χ2n) is 5.75. The van der Waals surface area contributed by atoms with Crippen molar-refractivity contribution in [3.05, 3.63) is 29.8 Å². The van der Waals surface area contributed by atoms with E-state index in [9.17, 15) is 9.00 Å². The van der Waals surface area contributed by atoms with E-state index in [2.05, 4.69) is 5.32 Å². The zero-order valence-corrected chi connectivity index (χ0v) is 14.8. The van der Waals surface area contributed by atoms with Crippen molar-refractivity contribution >= 4 is 29.1 Å². The molecular weight excluding hydrogens is 320 g/mol. The van der Waals surface area contributed by atoms with Crippen LogP contribution in [-0.2, 0) is 22.1 Å². The molecule has 0 aromatic heterocycles. The number of hydrogen-bond acceptors (Lipinski definition) is 3. The minimum absolute atomic E-state index is 0. The largest absolute Gasteiger partial charge is 0.341 e. The molecule has 22 heavy (non-hydrogen) atoms. The van der Waals surface area contributed by atoms with E-state index < -0.39 is 10.8 Å². The maximum absolute atomic E-state index is 12.1. The number of benzene rings is 1. The van der Waals surface area contributed by atoms with Crippen LogP contribution in [-0.4, -0.2) is 41.4 Å². The lowest BCUT2D eigenvalue weighted by atomic mass is 10.0. The topological polar surface area (TPSA) is 49.4 Å². The van der Waals surface area contributed by atoms with Crippen LogP contribution in [0.5, 0.6) is 0 Å². The Balaban J connectivity index is 0.00000242. The first-order valence-electron chi connectivity index (χ1n) is 7.43. The van der Waals surface area contributed by atoms with Crippen LogP contribution in [0.4, 0.5) is 0 Å². The summed E-state index contributed by atoms with van der Waals surface area (Å²) in [6.07, 6.45) is 4.46. The van der Waals surface area contributed by atoms with Crippen LogP contribution in [0.15, 0.2) is 29.2 Å². The second kappa shape index (κ2) is 9.28. The minimum atomic E-state index is -0.950. The predicted molar refractivity (Wildman–Crippen MR) is 92.7 cm³/mol. The molecule has 1 aromatic carbocycles. The Morgan fingerprint density at radius 2 is 2.05 bits per heavy atom. The molecule has 1 aliphatic rings. The monoisotopic (exact) mass is 344 g/mol. The molecular formula is C16H25ClN2O2S. The van der Waals surface area contributed by atoms with Gasteiger partial charge in [0.05, 0.1) is 0 Å². The van der Waals surface area contributed by atoms with Crippen LogP contribution in [0, 0.1) is 5.92 Å². The highest BCUT2D eigenvalue weighted by atomic mass is 35.5. The van der Waals surface area contributed by atoms with Gasteiger partial charge in [0.1, 0.15) is 0 Å². The van der Waals surface area contributed by atoms with E-state index in [4.69, 9.17) is 0 Å². The molecule has 6 heteroatoms. The van der Waals surface area contributed by atoms with Gasteiger partial charge in [-0.05, 0) is 49.5 Å². The Labute approximate surface area is 141 Å². The summed E-state index contributed by atoms with van der Waals surface area (Å²) >= 11 is 0. The summed E-state index contributed by atoms with van der Waals surface area (Å²) in [5, 5.41) is 3.33. The number of carbonyl (C=O) groups is 1. The lowest BCUT2D eigenvalue weighted by Gasteiger charge is -2.18.